The zero-order valence-electron chi connectivity index (χ0n) is 5.82. The van der Waals surface area contributed by atoms with Crippen LogP contribution in [0.5, 0.6) is 0 Å². The third kappa shape index (κ3) is 5.92. The minimum absolute atomic E-state index is 0.216. The molecule has 10 heavy (non-hydrogen) atoms. The highest BCUT2D eigenvalue weighted by Gasteiger charge is 2.12. The molecule has 1 radical (unpaired) electrons. The lowest BCUT2D eigenvalue weighted by molar-refractivity contribution is 0.0969. The summed E-state index contributed by atoms with van der Waals surface area (Å²) in [5.41, 5.74) is 0. The van der Waals surface area contributed by atoms with Crippen molar-refractivity contribution >= 4 is 0 Å². The van der Waals surface area contributed by atoms with E-state index in [-0.39, 0.29) is 6.42 Å². The predicted octanol–water partition coefficient (Wildman–Crippen LogP) is 2.98. The fraction of sp³-hybridized carbons (Fsp3) is 0.857. The summed E-state index contributed by atoms with van der Waals surface area (Å²) in [4.78, 5) is 0. The molecule has 0 heterocycles. The van der Waals surface area contributed by atoms with Gasteiger partial charge < -0.3 is 0 Å². The first-order chi connectivity index (χ1) is 4.66. The fourth-order valence-electron chi connectivity index (χ4n) is 0.677. The SMILES string of the molecule is [CH2]CCC[C@H](F)CC(F)F. The summed E-state index contributed by atoms with van der Waals surface area (Å²) >= 11 is 0. The smallest absolute Gasteiger partial charge is 0.241 e. The summed E-state index contributed by atoms with van der Waals surface area (Å²) in [6.07, 6.45) is -3.06. The summed E-state index contributed by atoms with van der Waals surface area (Å²) < 4.78 is 35.2. The Balaban J connectivity index is 3.16. The molecular formula is C7H12F3. The van der Waals surface area contributed by atoms with Gasteiger partial charge in [0.15, 0.2) is 0 Å². The van der Waals surface area contributed by atoms with E-state index in [2.05, 4.69) is 6.92 Å². The van der Waals surface area contributed by atoms with Gasteiger partial charge in [-0.15, -0.1) is 0 Å². The molecule has 3 heteroatoms. The molecule has 0 bridgehead atoms. The molecule has 0 aliphatic rings. The highest BCUT2D eigenvalue weighted by molar-refractivity contribution is 4.58. The van der Waals surface area contributed by atoms with E-state index in [4.69, 9.17) is 0 Å². The van der Waals surface area contributed by atoms with Gasteiger partial charge in [-0.3, -0.25) is 0 Å². The van der Waals surface area contributed by atoms with Gasteiger partial charge in [0.25, 0.3) is 0 Å². The van der Waals surface area contributed by atoms with Gasteiger partial charge in [0.1, 0.15) is 6.17 Å². The second kappa shape index (κ2) is 5.57. The van der Waals surface area contributed by atoms with Crippen LogP contribution < -0.4 is 0 Å². The first kappa shape index (κ1) is 9.79. The summed E-state index contributed by atoms with van der Waals surface area (Å²) in [5, 5.41) is 0. The van der Waals surface area contributed by atoms with Gasteiger partial charge >= 0.3 is 0 Å². The zero-order valence-corrected chi connectivity index (χ0v) is 5.82. The average molecular weight is 153 g/mol. The Morgan fingerprint density at radius 1 is 1.20 bits per heavy atom. The highest BCUT2D eigenvalue weighted by Crippen LogP contribution is 2.12. The number of hydrogen-bond acceptors (Lipinski definition) is 0. The second-order valence-electron chi connectivity index (χ2n) is 2.22. The fourth-order valence-corrected chi connectivity index (χ4v) is 0.677. The Hall–Kier alpha value is -0.210. The third-order valence-electron chi connectivity index (χ3n) is 1.20. The molecule has 0 fully saturated rings. The average Bonchev–Trinajstić information content (AvgIpc) is 1.82. The first-order valence-corrected chi connectivity index (χ1v) is 3.38. The normalized spacial score (nSPS) is 14.1. The van der Waals surface area contributed by atoms with Crippen molar-refractivity contribution in [3.63, 3.8) is 0 Å². The largest absolute Gasteiger partial charge is 0.247 e. The first-order valence-electron chi connectivity index (χ1n) is 3.38. The second-order valence-corrected chi connectivity index (χ2v) is 2.22. The Morgan fingerprint density at radius 3 is 2.20 bits per heavy atom. The van der Waals surface area contributed by atoms with Crippen LogP contribution in [0.3, 0.4) is 0 Å². The van der Waals surface area contributed by atoms with Crippen LogP contribution in [0.4, 0.5) is 13.2 Å². The van der Waals surface area contributed by atoms with Crippen molar-refractivity contribution in [3.05, 3.63) is 6.92 Å². The van der Waals surface area contributed by atoms with E-state index in [1.165, 1.54) is 0 Å². The monoisotopic (exact) mass is 153 g/mol. The van der Waals surface area contributed by atoms with Crippen LogP contribution in [-0.4, -0.2) is 12.6 Å². The van der Waals surface area contributed by atoms with Gasteiger partial charge in [0.05, 0.1) is 0 Å². The Bertz CT molecular complexity index is 73.3. The quantitative estimate of drug-likeness (QED) is 0.569. The zero-order chi connectivity index (χ0) is 7.98. The molecule has 0 aromatic rings. The van der Waals surface area contributed by atoms with Crippen molar-refractivity contribution < 1.29 is 13.2 Å². The molecule has 0 aliphatic heterocycles. The van der Waals surface area contributed by atoms with Gasteiger partial charge in [0.2, 0.25) is 6.43 Å². The maximum Gasteiger partial charge on any atom is 0.241 e. The van der Waals surface area contributed by atoms with Crippen molar-refractivity contribution in [2.24, 2.45) is 0 Å². The number of alkyl halides is 3. The summed E-state index contributed by atoms with van der Waals surface area (Å²) in [7, 11) is 0. The third-order valence-corrected chi connectivity index (χ3v) is 1.20. The summed E-state index contributed by atoms with van der Waals surface area (Å²) in [6, 6.07) is 0. The van der Waals surface area contributed by atoms with Gasteiger partial charge in [-0.25, -0.2) is 13.2 Å². The molecule has 0 aromatic heterocycles. The minimum atomic E-state index is -2.51. The van der Waals surface area contributed by atoms with Gasteiger partial charge in [-0.1, -0.05) is 19.8 Å². The van der Waals surface area contributed by atoms with E-state index >= 15 is 0 Å². The molecule has 0 amide bonds. The lowest BCUT2D eigenvalue weighted by atomic mass is 10.1. The standard InChI is InChI=1S/C7H12F3/c1-2-3-4-6(8)5-7(9)10/h6-7H,1-5H2/t6-/m0/s1. The maximum absolute atomic E-state index is 12.3. The Kier molecular flexibility index (Phi) is 5.45. The molecule has 0 spiro atoms. The van der Waals surface area contributed by atoms with Gasteiger partial charge in [0, 0.05) is 6.42 Å². The minimum Gasteiger partial charge on any atom is -0.247 e. The molecule has 61 valence electrons. The topological polar surface area (TPSA) is 0 Å². The summed E-state index contributed by atoms with van der Waals surface area (Å²) in [6.45, 7) is 3.48. The van der Waals surface area contributed by atoms with Crippen molar-refractivity contribution in [3.8, 4) is 0 Å². The molecule has 0 aliphatic carbocycles. The van der Waals surface area contributed by atoms with Crippen LogP contribution in [0.15, 0.2) is 0 Å². The number of hydrogen-bond donors (Lipinski definition) is 0. The lowest BCUT2D eigenvalue weighted by Gasteiger charge is -2.04. The van der Waals surface area contributed by atoms with Crippen LogP contribution in [0.2, 0.25) is 0 Å². The van der Waals surface area contributed by atoms with Crippen molar-refractivity contribution in [1.29, 1.82) is 0 Å². The van der Waals surface area contributed by atoms with E-state index in [0.717, 1.165) is 0 Å². The van der Waals surface area contributed by atoms with E-state index in [1.54, 1.807) is 0 Å². The van der Waals surface area contributed by atoms with Crippen molar-refractivity contribution in [2.45, 2.75) is 38.3 Å². The predicted molar refractivity (Wildman–Crippen MR) is 34.7 cm³/mol. The van der Waals surface area contributed by atoms with Crippen LogP contribution in [-0.2, 0) is 0 Å². The van der Waals surface area contributed by atoms with Crippen LogP contribution in [0.1, 0.15) is 25.7 Å². The molecule has 0 rings (SSSR count). The number of rotatable bonds is 5. The summed E-state index contributed by atoms with van der Waals surface area (Å²) in [5.74, 6) is 0. The Labute approximate surface area is 59.4 Å². The highest BCUT2D eigenvalue weighted by atomic mass is 19.3. The molecule has 0 aromatic carbocycles. The van der Waals surface area contributed by atoms with E-state index in [0.29, 0.717) is 12.8 Å². The van der Waals surface area contributed by atoms with Crippen LogP contribution in [0, 0.1) is 6.92 Å². The van der Waals surface area contributed by atoms with Gasteiger partial charge in [-0.2, -0.15) is 0 Å². The maximum atomic E-state index is 12.3. The van der Waals surface area contributed by atoms with E-state index in [9.17, 15) is 13.2 Å². The Morgan fingerprint density at radius 2 is 1.80 bits per heavy atom. The molecule has 0 nitrogen and oxygen atoms in total. The van der Waals surface area contributed by atoms with E-state index in [1.807, 2.05) is 0 Å². The van der Waals surface area contributed by atoms with Crippen LogP contribution >= 0.6 is 0 Å². The van der Waals surface area contributed by atoms with Crippen molar-refractivity contribution in [1.82, 2.24) is 0 Å². The molecule has 0 saturated carbocycles. The molecule has 0 saturated heterocycles. The number of halogens is 3. The molecular weight excluding hydrogens is 141 g/mol. The lowest BCUT2D eigenvalue weighted by Crippen LogP contribution is -2.05. The van der Waals surface area contributed by atoms with Crippen LogP contribution in [0.25, 0.3) is 0 Å². The molecule has 1 atom stereocenters. The van der Waals surface area contributed by atoms with Gasteiger partial charge in [-0.05, 0) is 6.42 Å². The molecule has 0 unspecified atom stereocenters. The van der Waals surface area contributed by atoms with Crippen molar-refractivity contribution in [2.75, 3.05) is 0 Å². The van der Waals surface area contributed by atoms with E-state index < -0.39 is 19.0 Å². The molecule has 0 N–H and O–H groups in total. The number of unbranched alkanes of at least 4 members (excludes halogenated alkanes) is 1.